The number of esters is 1. The lowest BCUT2D eigenvalue weighted by molar-refractivity contribution is -0.116. The van der Waals surface area contributed by atoms with E-state index < -0.39 is 11.9 Å². The summed E-state index contributed by atoms with van der Waals surface area (Å²) in [5, 5.41) is 5.16. The third kappa shape index (κ3) is 4.42. The number of ether oxygens (including phenoxy) is 1. The average Bonchev–Trinajstić information content (AvgIpc) is 3.21. The van der Waals surface area contributed by atoms with Crippen molar-refractivity contribution >= 4 is 50.7 Å². The second-order valence-corrected chi connectivity index (χ2v) is 8.14. The molecule has 0 spiro atoms. The molecular weight excluding hydrogens is 450 g/mol. The van der Waals surface area contributed by atoms with Gasteiger partial charge < -0.3 is 10.1 Å². The number of benzene rings is 2. The number of nitrogens with zero attached hydrogens (tertiary/aromatic N) is 2. The Labute approximate surface area is 192 Å². The van der Waals surface area contributed by atoms with Crippen LogP contribution in [-0.4, -0.2) is 28.0 Å². The van der Waals surface area contributed by atoms with E-state index in [-0.39, 0.29) is 24.3 Å². The van der Waals surface area contributed by atoms with E-state index in [1.165, 1.54) is 22.2 Å². The summed E-state index contributed by atoms with van der Waals surface area (Å²) in [7, 11) is 0. The number of amides is 1. The summed E-state index contributed by atoms with van der Waals surface area (Å²) in [6.45, 7) is 1.69. The van der Waals surface area contributed by atoms with E-state index in [4.69, 9.17) is 16.3 Å². The number of thiophene rings is 1. The number of halogens is 1. The van der Waals surface area contributed by atoms with Crippen LogP contribution in [0.4, 0.5) is 5.69 Å². The van der Waals surface area contributed by atoms with Crippen LogP contribution < -0.4 is 10.9 Å². The summed E-state index contributed by atoms with van der Waals surface area (Å²) >= 11 is 7.23. The van der Waals surface area contributed by atoms with E-state index in [9.17, 15) is 14.4 Å². The third-order valence-electron chi connectivity index (χ3n) is 4.71. The highest BCUT2D eigenvalue weighted by molar-refractivity contribution is 7.17. The number of carbonyl (C=O) groups excluding carboxylic acids is 2. The first-order chi connectivity index (χ1) is 15.5. The van der Waals surface area contributed by atoms with Crippen LogP contribution in [0.3, 0.4) is 0 Å². The zero-order valence-corrected chi connectivity index (χ0v) is 18.6. The highest BCUT2D eigenvalue weighted by Gasteiger charge is 2.16. The Morgan fingerprint density at radius 3 is 2.66 bits per heavy atom. The van der Waals surface area contributed by atoms with E-state index in [1.807, 2.05) is 17.5 Å². The van der Waals surface area contributed by atoms with Gasteiger partial charge in [0.1, 0.15) is 11.2 Å². The Balaban J connectivity index is 1.57. The maximum absolute atomic E-state index is 12.9. The van der Waals surface area contributed by atoms with Crippen LogP contribution in [0.2, 0.25) is 5.02 Å². The molecule has 162 valence electrons. The van der Waals surface area contributed by atoms with Gasteiger partial charge in [-0.05, 0) is 36.8 Å². The molecule has 1 amide bonds. The Morgan fingerprint density at radius 2 is 1.91 bits per heavy atom. The van der Waals surface area contributed by atoms with Crippen LogP contribution in [0, 0.1) is 0 Å². The van der Waals surface area contributed by atoms with Gasteiger partial charge in [0.05, 0.1) is 29.7 Å². The molecule has 1 N–H and O–H groups in total. The van der Waals surface area contributed by atoms with Crippen molar-refractivity contribution < 1.29 is 14.3 Å². The minimum atomic E-state index is -0.531. The second-order valence-electron chi connectivity index (χ2n) is 6.83. The van der Waals surface area contributed by atoms with Crippen molar-refractivity contribution in [2.45, 2.75) is 13.5 Å². The Bertz CT molecular complexity index is 1360. The van der Waals surface area contributed by atoms with Gasteiger partial charge in [-0.3, -0.25) is 14.2 Å². The lowest BCUT2D eigenvalue weighted by Crippen LogP contribution is -2.28. The lowest BCUT2D eigenvalue weighted by Gasteiger charge is -2.11. The van der Waals surface area contributed by atoms with Crippen molar-refractivity contribution in [1.82, 2.24) is 9.55 Å². The fourth-order valence-electron chi connectivity index (χ4n) is 3.21. The van der Waals surface area contributed by atoms with Crippen LogP contribution in [0.25, 0.3) is 21.3 Å². The first-order valence-corrected chi connectivity index (χ1v) is 11.0. The number of nitrogens with one attached hydrogen (secondary N) is 1. The number of rotatable bonds is 6. The summed E-state index contributed by atoms with van der Waals surface area (Å²) in [6, 6.07) is 13.8. The molecule has 0 aliphatic rings. The molecule has 4 rings (SSSR count). The molecule has 0 bridgehead atoms. The quantitative estimate of drug-likeness (QED) is 0.419. The maximum Gasteiger partial charge on any atom is 0.340 e. The number of hydrogen-bond acceptors (Lipinski definition) is 6. The van der Waals surface area contributed by atoms with Gasteiger partial charge in [-0.15, -0.1) is 11.3 Å². The Kier molecular flexibility index (Phi) is 6.34. The molecule has 0 atom stereocenters. The summed E-state index contributed by atoms with van der Waals surface area (Å²) in [5.74, 6) is -0.989. The molecule has 0 fully saturated rings. The van der Waals surface area contributed by atoms with E-state index >= 15 is 0 Å². The molecule has 9 heteroatoms. The first-order valence-electron chi connectivity index (χ1n) is 9.76. The van der Waals surface area contributed by atoms with Crippen LogP contribution in [0.1, 0.15) is 17.3 Å². The molecule has 2 heterocycles. The maximum atomic E-state index is 12.9. The number of carbonyl (C=O) groups is 2. The largest absolute Gasteiger partial charge is 0.462 e. The minimum absolute atomic E-state index is 0.223. The summed E-state index contributed by atoms with van der Waals surface area (Å²) in [5.41, 5.74) is 2.56. The van der Waals surface area contributed by atoms with E-state index in [1.54, 1.807) is 43.3 Å². The van der Waals surface area contributed by atoms with Gasteiger partial charge in [-0.2, -0.15) is 0 Å². The Morgan fingerprint density at radius 1 is 1.16 bits per heavy atom. The highest BCUT2D eigenvalue weighted by Crippen LogP contribution is 2.31. The molecule has 0 saturated carbocycles. The third-order valence-corrected chi connectivity index (χ3v) is 5.92. The summed E-state index contributed by atoms with van der Waals surface area (Å²) in [4.78, 5) is 42.1. The van der Waals surface area contributed by atoms with Crippen LogP contribution >= 0.6 is 22.9 Å². The van der Waals surface area contributed by atoms with Crippen molar-refractivity contribution in [2.75, 3.05) is 11.9 Å². The molecule has 0 aliphatic heterocycles. The fraction of sp³-hybridized carbons (Fsp3) is 0.130. The minimum Gasteiger partial charge on any atom is -0.462 e. The van der Waals surface area contributed by atoms with Gasteiger partial charge in [0.15, 0.2) is 0 Å². The number of fused-ring (bicyclic) bond motifs is 1. The molecular formula is C23H18ClN3O4S. The van der Waals surface area contributed by atoms with Gasteiger partial charge in [0, 0.05) is 16.0 Å². The number of aromatic nitrogens is 2. The normalized spacial score (nSPS) is 10.8. The molecule has 4 aromatic rings. The van der Waals surface area contributed by atoms with E-state index in [0.29, 0.717) is 20.9 Å². The average molecular weight is 468 g/mol. The molecule has 7 nitrogen and oxygen atoms in total. The molecule has 0 saturated heterocycles. The predicted molar refractivity (Wildman–Crippen MR) is 125 cm³/mol. The van der Waals surface area contributed by atoms with Gasteiger partial charge in [-0.1, -0.05) is 35.9 Å². The van der Waals surface area contributed by atoms with Crippen molar-refractivity contribution in [3.63, 3.8) is 0 Å². The molecule has 0 unspecified atom stereocenters. The van der Waals surface area contributed by atoms with Crippen LogP contribution in [-0.2, 0) is 16.1 Å². The first kappa shape index (κ1) is 21.7. The molecule has 32 heavy (non-hydrogen) atoms. The number of para-hydroxylation sites is 1. The SMILES string of the molecule is CCOC(=O)c1ccccc1NC(=O)Cn1cnc2c(-c3ccc(Cl)cc3)csc2c1=O. The highest BCUT2D eigenvalue weighted by atomic mass is 35.5. The number of hydrogen-bond donors (Lipinski definition) is 1. The topological polar surface area (TPSA) is 90.3 Å². The second kappa shape index (κ2) is 9.33. The van der Waals surface area contributed by atoms with Gasteiger partial charge in [0.25, 0.3) is 5.56 Å². The van der Waals surface area contributed by atoms with E-state index in [2.05, 4.69) is 10.3 Å². The zero-order chi connectivity index (χ0) is 22.7. The van der Waals surface area contributed by atoms with Gasteiger partial charge >= 0.3 is 5.97 Å². The van der Waals surface area contributed by atoms with E-state index in [0.717, 1.165) is 11.1 Å². The van der Waals surface area contributed by atoms with Crippen molar-refractivity contribution in [3.8, 4) is 11.1 Å². The standard InChI is InChI=1S/C23H18ClN3O4S/c1-2-31-23(30)16-5-3-4-6-18(16)26-19(28)11-27-13-25-20-17(12-32-21(20)22(27)29)14-7-9-15(24)10-8-14/h3-10,12-13H,2,11H2,1H3,(H,26,28). The zero-order valence-electron chi connectivity index (χ0n) is 17.0. The van der Waals surface area contributed by atoms with Crippen molar-refractivity contribution in [1.29, 1.82) is 0 Å². The van der Waals surface area contributed by atoms with Crippen LogP contribution in [0.15, 0.2) is 65.0 Å². The summed E-state index contributed by atoms with van der Waals surface area (Å²) < 4.78 is 6.72. The molecule has 2 aromatic heterocycles. The van der Waals surface area contributed by atoms with Gasteiger partial charge in [-0.25, -0.2) is 9.78 Å². The monoisotopic (exact) mass is 467 g/mol. The molecule has 2 aromatic carbocycles. The lowest BCUT2D eigenvalue weighted by atomic mass is 10.1. The fourth-order valence-corrected chi connectivity index (χ4v) is 4.31. The van der Waals surface area contributed by atoms with Crippen molar-refractivity contribution in [3.05, 3.63) is 81.2 Å². The molecule has 0 aliphatic carbocycles. The molecule has 0 radical (unpaired) electrons. The van der Waals surface area contributed by atoms with Crippen LogP contribution in [0.5, 0.6) is 0 Å². The predicted octanol–water partition coefficient (Wildman–Crippen LogP) is 4.59. The summed E-state index contributed by atoms with van der Waals surface area (Å²) in [6.07, 6.45) is 1.35. The van der Waals surface area contributed by atoms with Crippen molar-refractivity contribution in [2.24, 2.45) is 0 Å². The smallest absolute Gasteiger partial charge is 0.340 e. The van der Waals surface area contributed by atoms with Gasteiger partial charge in [0.2, 0.25) is 5.91 Å². The Hall–Kier alpha value is -3.49. The number of anilines is 1.